The Balaban J connectivity index is 1.78. The van der Waals surface area contributed by atoms with Gasteiger partial charge >= 0.3 is 0 Å². The predicted octanol–water partition coefficient (Wildman–Crippen LogP) is 3.38. The third-order valence-electron chi connectivity index (χ3n) is 2.73. The summed E-state index contributed by atoms with van der Waals surface area (Å²) < 4.78 is 5.63. The molecule has 19 heavy (non-hydrogen) atoms. The molecule has 1 aromatic heterocycles. The predicted molar refractivity (Wildman–Crippen MR) is 76.3 cm³/mol. The Labute approximate surface area is 115 Å². The number of imidazole rings is 1. The van der Waals surface area contributed by atoms with E-state index < -0.39 is 0 Å². The van der Waals surface area contributed by atoms with E-state index in [0.29, 0.717) is 17.3 Å². The van der Waals surface area contributed by atoms with Gasteiger partial charge in [0.1, 0.15) is 18.2 Å². The maximum atomic E-state index is 5.93. The minimum atomic E-state index is 0.357. The van der Waals surface area contributed by atoms with Gasteiger partial charge in [0.05, 0.1) is 11.0 Å². The first-order chi connectivity index (χ1) is 9.20. The fraction of sp³-hybridized carbons (Fsp3) is 0.0714. The molecule has 0 unspecified atom stereocenters. The Bertz CT molecular complexity index is 724. The second-order valence-corrected chi connectivity index (χ2v) is 4.64. The van der Waals surface area contributed by atoms with Crippen molar-refractivity contribution in [2.24, 2.45) is 0 Å². The smallest absolute Gasteiger partial charge is 0.146 e. The zero-order valence-electron chi connectivity index (χ0n) is 10.1. The highest BCUT2D eigenvalue weighted by atomic mass is 35.5. The number of nitrogens with one attached hydrogen (secondary N) is 1. The standard InChI is InChI=1S/C14H12ClN3O/c15-9-4-5-12-13(6-9)18-14(17-12)8-19-11-3-1-2-10(16)7-11/h1-7H,8,16H2,(H,17,18). The molecule has 0 atom stereocenters. The SMILES string of the molecule is Nc1cccc(OCc2nc3ccc(Cl)cc3[nH]2)c1. The van der Waals surface area contributed by atoms with E-state index in [-0.39, 0.29) is 0 Å². The van der Waals surface area contributed by atoms with Crippen LogP contribution < -0.4 is 10.5 Å². The number of aromatic amines is 1. The van der Waals surface area contributed by atoms with Crippen molar-refractivity contribution in [3.8, 4) is 5.75 Å². The average Bonchev–Trinajstić information content (AvgIpc) is 2.78. The number of fused-ring (bicyclic) bond motifs is 1. The number of nitrogens with two attached hydrogens (primary N) is 1. The van der Waals surface area contributed by atoms with E-state index in [2.05, 4.69) is 9.97 Å². The van der Waals surface area contributed by atoms with Gasteiger partial charge in [0.25, 0.3) is 0 Å². The fourth-order valence-electron chi connectivity index (χ4n) is 1.86. The van der Waals surface area contributed by atoms with E-state index in [4.69, 9.17) is 22.1 Å². The molecule has 3 N–H and O–H groups in total. The minimum Gasteiger partial charge on any atom is -0.486 e. The van der Waals surface area contributed by atoms with Crippen LogP contribution in [0.25, 0.3) is 11.0 Å². The van der Waals surface area contributed by atoms with Crippen LogP contribution in [0.4, 0.5) is 5.69 Å². The molecule has 0 aliphatic rings. The molecule has 0 radical (unpaired) electrons. The van der Waals surface area contributed by atoms with Gasteiger partial charge < -0.3 is 15.5 Å². The van der Waals surface area contributed by atoms with Crippen molar-refractivity contribution in [1.29, 1.82) is 0 Å². The maximum absolute atomic E-state index is 5.93. The maximum Gasteiger partial charge on any atom is 0.146 e. The summed E-state index contributed by atoms with van der Waals surface area (Å²) in [6, 6.07) is 12.8. The summed E-state index contributed by atoms with van der Waals surface area (Å²) in [6.07, 6.45) is 0. The molecule has 0 aliphatic carbocycles. The Morgan fingerprint density at radius 3 is 2.95 bits per heavy atom. The van der Waals surface area contributed by atoms with E-state index in [0.717, 1.165) is 22.6 Å². The van der Waals surface area contributed by atoms with Crippen LogP contribution in [0.1, 0.15) is 5.82 Å². The number of hydrogen-bond acceptors (Lipinski definition) is 3. The number of halogens is 1. The first-order valence-corrected chi connectivity index (χ1v) is 6.21. The molecule has 5 heteroatoms. The van der Waals surface area contributed by atoms with Crippen LogP contribution in [0.5, 0.6) is 5.75 Å². The van der Waals surface area contributed by atoms with Gasteiger partial charge in [0, 0.05) is 16.8 Å². The number of benzene rings is 2. The quantitative estimate of drug-likeness (QED) is 0.719. The van der Waals surface area contributed by atoms with Gasteiger partial charge in [-0.1, -0.05) is 17.7 Å². The number of rotatable bonds is 3. The number of H-pyrrole nitrogens is 1. The highest BCUT2D eigenvalue weighted by Crippen LogP contribution is 2.19. The Kier molecular flexibility index (Phi) is 3.01. The highest BCUT2D eigenvalue weighted by Gasteiger charge is 2.04. The molecule has 96 valence electrons. The third kappa shape index (κ3) is 2.63. The first kappa shape index (κ1) is 11.9. The van der Waals surface area contributed by atoms with Crippen molar-refractivity contribution in [2.75, 3.05) is 5.73 Å². The molecular formula is C14H12ClN3O. The second-order valence-electron chi connectivity index (χ2n) is 4.21. The summed E-state index contributed by atoms with van der Waals surface area (Å²) in [5.74, 6) is 1.47. The largest absolute Gasteiger partial charge is 0.486 e. The molecule has 0 aliphatic heterocycles. The van der Waals surface area contributed by atoms with Crippen LogP contribution in [0.15, 0.2) is 42.5 Å². The topological polar surface area (TPSA) is 63.9 Å². The zero-order chi connectivity index (χ0) is 13.2. The third-order valence-corrected chi connectivity index (χ3v) is 2.96. The van der Waals surface area contributed by atoms with Crippen LogP contribution in [0.3, 0.4) is 0 Å². The molecule has 0 fully saturated rings. The monoisotopic (exact) mass is 273 g/mol. The van der Waals surface area contributed by atoms with Gasteiger partial charge in [0.2, 0.25) is 0 Å². The Hall–Kier alpha value is -2.20. The number of anilines is 1. The molecule has 0 amide bonds. The molecule has 0 bridgehead atoms. The normalized spacial score (nSPS) is 10.8. The summed E-state index contributed by atoms with van der Waals surface area (Å²) in [4.78, 5) is 7.59. The summed E-state index contributed by atoms with van der Waals surface area (Å²) in [5, 5.41) is 0.680. The van der Waals surface area contributed by atoms with E-state index in [1.165, 1.54) is 0 Å². The molecule has 3 aromatic rings. The van der Waals surface area contributed by atoms with E-state index >= 15 is 0 Å². The van der Waals surface area contributed by atoms with Crippen LogP contribution in [0, 0.1) is 0 Å². The average molecular weight is 274 g/mol. The van der Waals surface area contributed by atoms with E-state index in [1.807, 2.05) is 36.4 Å². The van der Waals surface area contributed by atoms with Gasteiger partial charge in [-0.05, 0) is 30.3 Å². The van der Waals surface area contributed by atoms with Gasteiger partial charge in [-0.15, -0.1) is 0 Å². The van der Waals surface area contributed by atoms with E-state index in [1.54, 1.807) is 6.07 Å². The highest BCUT2D eigenvalue weighted by molar-refractivity contribution is 6.31. The second kappa shape index (κ2) is 4.82. The number of aromatic nitrogens is 2. The summed E-state index contributed by atoms with van der Waals surface area (Å²) in [5.41, 5.74) is 8.13. The fourth-order valence-corrected chi connectivity index (χ4v) is 2.03. The molecule has 1 heterocycles. The zero-order valence-corrected chi connectivity index (χ0v) is 10.8. The number of nitrogens with zero attached hydrogens (tertiary/aromatic N) is 1. The van der Waals surface area contributed by atoms with Crippen LogP contribution in [-0.2, 0) is 6.61 Å². The van der Waals surface area contributed by atoms with Crippen molar-refractivity contribution in [3.63, 3.8) is 0 Å². The van der Waals surface area contributed by atoms with Gasteiger partial charge in [-0.2, -0.15) is 0 Å². The first-order valence-electron chi connectivity index (χ1n) is 5.83. The van der Waals surface area contributed by atoms with Crippen molar-refractivity contribution in [3.05, 3.63) is 53.3 Å². The lowest BCUT2D eigenvalue weighted by molar-refractivity contribution is 0.297. The molecule has 3 rings (SSSR count). The molecular weight excluding hydrogens is 262 g/mol. The van der Waals surface area contributed by atoms with Crippen molar-refractivity contribution in [2.45, 2.75) is 6.61 Å². The number of hydrogen-bond donors (Lipinski definition) is 2. The molecule has 4 nitrogen and oxygen atoms in total. The number of ether oxygens (including phenoxy) is 1. The minimum absolute atomic E-state index is 0.357. The lowest BCUT2D eigenvalue weighted by atomic mass is 10.3. The molecule has 2 aromatic carbocycles. The van der Waals surface area contributed by atoms with Crippen LogP contribution in [0.2, 0.25) is 5.02 Å². The number of nitrogen functional groups attached to an aromatic ring is 1. The van der Waals surface area contributed by atoms with Crippen LogP contribution in [-0.4, -0.2) is 9.97 Å². The summed E-state index contributed by atoms with van der Waals surface area (Å²) >= 11 is 5.93. The van der Waals surface area contributed by atoms with Gasteiger partial charge in [-0.25, -0.2) is 4.98 Å². The van der Waals surface area contributed by atoms with Gasteiger partial charge in [0.15, 0.2) is 0 Å². The van der Waals surface area contributed by atoms with Crippen molar-refractivity contribution < 1.29 is 4.74 Å². The molecule has 0 saturated carbocycles. The lowest BCUT2D eigenvalue weighted by Gasteiger charge is -2.04. The van der Waals surface area contributed by atoms with Gasteiger partial charge in [-0.3, -0.25) is 0 Å². The van der Waals surface area contributed by atoms with Crippen LogP contribution >= 0.6 is 11.6 Å². The summed E-state index contributed by atoms with van der Waals surface area (Å²) in [6.45, 7) is 0.357. The molecule has 0 spiro atoms. The summed E-state index contributed by atoms with van der Waals surface area (Å²) in [7, 11) is 0. The molecule has 0 saturated heterocycles. The Morgan fingerprint density at radius 2 is 2.11 bits per heavy atom. The lowest BCUT2D eigenvalue weighted by Crippen LogP contribution is -1.97. The van der Waals surface area contributed by atoms with Crippen molar-refractivity contribution in [1.82, 2.24) is 9.97 Å². The Morgan fingerprint density at radius 1 is 1.21 bits per heavy atom. The van der Waals surface area contributed by atoms with E-state index in [9.17, 15) is 0 Å². The van der Waals surface area contributed by atoms with Crippen molar-refractivity contribution >= 4 is 28.3 Å².